The molecule has 3 N–H and O–H groups in total. The zero-order valence-corrected chi connectivity index (χ0v) is 31.3. The summed E-state index contributed by atoms with van der Waals surface area (Å²) in [5.74, 6) is 1.94. The van der Waals surface area contributed by atoms with Crippen LogP contribution in [0.3, 0.4) is 0 Å². The second-order valence-corrected chi connectivity index (χ2v) is 12.8. The minimum atomic E-state index is -1.05. The number of hydrogen-bond donors (Lipinski definition) is 3. The van der Waals surface area contributed by atoms with E-state index in [1.165, 1.54) is 6.07 Å². The van der Waals surface area contributed by atoms with Crippen LogP contribution in [0.25, 0.3) is 21.9 Å². The first-order valence-corrected chi connectivity index (χ1v) is 18.0. The molecule has 2 aromatic heterocycles. The van der Waals surface area contributed by atoms with Crippen molar-refractivity contribution in [3.8, 4) is 23.0 Å². The lowest BCUT2D eigenvalue weighted by atomic mass is 9.80. The van der Waals surface area contributed by atoms with E-state index in [4.69, 9.17) is 42.7 Å². The second kappa shape index (κ2) is 18.9. The van der Waals surface area contributed by atoms with Crippen LogP contribution < -0.4 is 30.2 Å². The number of aliphatic hydroxyl groups is 3. The summed E-state index contributed by atoms with van der Waals surface area (Å²) < 4.78 is 38.7. The van der Waals surface area contributed by atoms with Crippen LogP contribution >= 0.6 is 0 Å². The highest BCUT2D eigenvalue weighted by Crippen LogP contribution is 2.41. The molecule has 0 saturated heterocycles. The van der Waals surface area contributed by atoms with Gasteiger partial charge in [-0.15, -0.1) is 0 Å². The van der Waals surface area contributed by atoms with Crippen molar-refractivity contribution in [2.75, 3.05) is 40.6 Å². The Bertz CT molecular complexity index is 2410. The summed E-state index contributed by atoms with van der Waals surface area (Å²) in [6, 6.07) is 42.1. The number of methoxy groups -OCH3 is 2. The van der Waals surface area contributed by atoms with Gasteiger partial charge in [-0.2, -0.15) is 0 Å². The van der Waals surface area contributed by atoms with E-state index < -0.39 is 35.7 Å². The number of para-hydroxylation sites is 1. The van der Waals surface area contributed by atoms with Gasteiger partial charge in [0.2, 0.25) is 5.75 Å². The van der Waals surface area contributed by atoms with E-state index in [1.807, 2.05) is 84.9 Å². The van der Waals surface area contributed by atoms with Crippen LogP contribution in [-0.4, -0.2) is 68.2 Å². The second-order valence-electron chi connectivity index (χ2n) is 12.8. The lowest BCUT2D eigenvalue weighted by molar-refractivity contribution is -0.0494. The lowest BCUT2D eigenvalue weighted by Crippen LogP contribution is -2.37. The van der Waals surface area contributed by atoms with Gasteiger partial charge in [-0.25, -0.2) is 9.59 Å². The van der Waals surface area contributed by atoms with Crippen molar-refractivity contribution in [2.24, 2.45) is 0 Å². The Morgan fingerprint density at radius 1 is 0.561 bits per heavy atom. The molecule has 0 radical (unpaired) electrons. The molecule has 0 saturated carbocycles. The number of rotatable bonds is 15. The molecule has 294 valence electrons. The first-order chi connectivity index (χ1) is 27.7. The van der Waals surface area contributed by atoms with E-state index in [0.717, 1.165) is 39.0 Å². The van der Waals surface area contributed by atoms with Gasteiger partial charge in [-0.3, -0.25) is 0 Å². The Morgan fingerprint density at radius 3 is 1.79 bits per heavy atom. The van der Waals surface area contributed by atoms with Crippen LogP contribution in [0.4, 0.5) is 0 Å². The summed E-state index contributed by atoms with van der Waals surface area (Å²) in [5, 5.41) is 30.2. The average Bonchev–Trinajstić information content (AvgIpc) is 3.25. The molecule has 0 aliphatic carbocycles. The Labute approximate surface area is 327 Å². The molecule has 0 aliphatic heterocycles. The van der Waals surface area contributed by atoms with Crippen LogP contribution in [0.5, 0.6) is 23.0 Å². The molecule has 12 heteroatoms. The van der Waals surface area contributed by atoms with Gasteiger partial charge in [0.1, 0.15) is 59.4 Å². The molecule has 7 aromatic rings. The monoisotopic (exact) mass is 774 g/mol. The van der Waals surface area contributed by atoms with Gasteiger partial charge in [0.05, 0.1) is 27.4 Å². The molecule has 2 heterocycles. The van der Waals surface area contributed by atoms with Gasteiger partial charge in [0.15, 0.2) is 0 Å². The van der Waals surface area contributed by atoms with E-state index in [2.05, 4.69) is 0 Å². The number of benzene rings is 5. The summed E-state index contributed by atoms with van der Waals surface area (Å²) >= 11 is 0. The molecule has 0 spiro atoms. The maximum Gasteiger partial charge on any atom is 0.379 e. The van der Waals surface area contributed by atoms with Crippen LogP contribution in [0.1, 0.15) is 16.7 Å². The van der Waals surface area contributed by atoms with Gasteiger partial charge >= 0.3 is 11.3 Å². The summed E-state index contributed by atoms with van der Waals surface area (Å²) in [5.41, 5.74) is 1.42. The molecule has 2 unspecified atom stereocenters. The van der Waals surface area contributed by atoms with Crippen molar-refractivity contribution < 1.29 is 47.8 Å². The number of hydrogen-bond acceptors (Lipinski definition) is 12. The summed E-state index contributed by atoms with van der Waals surface area (Å²) in [6.07, 6.45) is -1.97. The van der Waals surface area contributed by atoms with Gasteiger partial charge < -0.3 is 47.8 Å². The summed E-state index contributed by atoms with van der Waals surface area (Å²) in [6.45, 7) is -0.632. The van der Waals surface area contributed by atoms with Gasteiger partial charge in [-0.05, 0) is 71.3 Å². The van der Waals surface area contributed by atoms with E-state index in [0.29, 0.717) is 16.9 Å². The van der Waals surface area contributed by atoms with E-state index in [9.17, 15) is 14.7 Å². The summed E-state index contributed by atoms with van der Waals surface area (Å²) in [7, 11) is 3.25. The van der Waals surface area contributed by atoms with Crippen LogP contribution in [0.15, 0.2) is 158 Å². The lowest BCUT2D eigenvalue weighted by Gasteiger charge is -2.36. The molecule has 0 fully saturated rings. The summed E-state index contributed by atoms with van der Waals surface area (Å²) in [4.78, 5) is 23.1. The zero-order valence-electron chi connectivity index (χ0n) is 31.3. The largest absolute Gasteiger partial charge is 0.497 e. The molecular weight excluding hydrogens is 732 g/mol. The molecule has 57 heavy (non-hydrogen) atoms. The van der Waals surface area contributed by atoms with Crippen LogP contribution in [-0.2, 0) is 10.3 Å². The van der Waals surface area contributed by atoms with Crippen LogP contribution in [0.2, 0.25) is 0 Å². The first kappa shape index (κ1) is 40.2. The highest BCUT2D eigenvalue weighted by molar-refractivity contribution is 5.78. The minimum absolute atomic E-state index is 0.0243. The van der Waals surface area contributed by atoms with Crippen molar-refractivity contribution in [2.45, 2.75) is 17.8 Å². The molecule has 5 aromatic carbocycles. The number of aliphatic hydroxyl groups excluding tert-OH is 3. The quantitative estimate of drug-likeness (QED) is 0.0813. The Hall–Kier alpha value is -6.44. The van der Waals surface area contributed by atoms with Gasteiger partial charge in [-0.1, -0.05) is 72.8 Å². The fraction of sp³-hybridized carbons (Fsp3) is 0.200. The zero-order chi connectivity index (χ0) is 40.2. The van der Waals surface area contributed by atoms with E-state index >= 15 is 0 Å². The molecule has 0 bridgehead atoms. The molecular formula is C45H42O12. The topological polar surface area (TPSA) is 167 Å². The predicted octanol–water partition coefficient (Wildman–Crippen LogP) is 6.08. The molecule has 2 atom stereocenters. The molecule has 7 rings (SSSR count). The van der Waals surface area contributed by atoms with Crippen molar-refractivity contribution in [3.63, 3.8) is 0 Å². The van der Waals surface area contributed by atoms with Crippen LogP contribution in [0, 0.1) is 0 Å². The smallest absolute Gasteiger partial charge is 0.379 e. The first-order valence-electron chi connectivity index (χ1n) is 18.0. The fourth-order valence-corrected chi connectivity index (χ4v) is 6.05. The Balaban J connectivity index is 0.000000269. The van der Waals surface area contributed by atoms with Crippen molar-refractivity contribution >= 4 is 21.9 Å². The average molecular weight is 775 g/mol. The highest BCUT2D eigenvalue weighted by atomic mass is 16.5. The fourth-order valence-electron chi connectivity index (χ4n) is 6.05. The standard InChI is InChI=1S/C33H30O7.C12H12O5/c1-36-28-15-10-25(11-16-28)33(24-6-4-3-5-7-24,26-12-17-29(37-2)18-13-26)39-22-27(34)21-38-30-14-8-23-9-19-32(35)40-31(23)20-30;13-6-9(14)7-16-11-5-8-3-1-2-4-10(8)17-12(11)15/h3-20,27,34H,21-22H2,1-2H3;1-5,9,13-14H,6-7H2. The molecule has 12 nitrogen and oxygen atoms in total. The normalized spacial score (nSPS) is 12.3. The number of ether oxygens (including phenoxy) is 5. The maximum atomic E-state index is 11.6. The predicted molar refractivity (Wildman–Crippen MR) is 213 cm³/mol. The maximum absolute atomic E-state index is 11.6. The third-order valence-corrected chi connectivity index (χ3v) is 8.95. The van der Waals surface area contributed by atoms with Crippen molar-refractivity contribution in [1.29, 1.82) is 0 Å². The SMILES string of the molecule is COc1ccc(C(OCC(O)COc2ccc3ccc(=O)oc3c2)(c2ccccc2)c2ccc(OC)cc2)cc1.O=c1oc2ccccc2cc1OCC(O)CO. The van der Waals surface area contributed by atoms with Crippen molar-refractivity contribution in [1.82, 2.24) is 0 Å². The molecule has 0 aliphatic rings. The van der Waals surface area contributed by atoms with Gasteiger partial charge in [0, 0.05) is 22.9 Å². The third kappa shape index (κ3) is 9.87. The van der Waals surface area contributed by atoms with Crippen molar-refractivity contribution in [3.05, 3.63) is 177 Å². The Morgan fingerprint density at radius 2 is 1.14 bits per heavy atom. The molecule has 0 amide bonds. The minimum Gasteiger partial charge on any atom is -0.497 e. The third-order valence-electron chi connectivity index (χ3n) is 8.95. The highest BCUT2D eigenvalue weighted by Gasteiger charge is 2.38. The van der Waals surface area contributed by atoms with E-state index in [-0.39, 0.29) is 25.6 Å². The number of fused-ring (bicyclic) bond motifs is 2. The van der Waals surface area contributed by atoms with Gasteiger partial charge in [0.25, 0.3) is 0 Å². The van der Waals surface area contributed by atoms with E-state index in [1.54, 1.807) is 62.8 Å². The Kier molecular flexibility index (Phi) is 13.4.